The average molecular weight is 284 g/mol. The summed E-state index contributed by atoms with van der Waals surface area (Å²) >= 11 is 0. The third-order valence-electron chi connectivity index (χ3n) is 2.89. The van der Waals surface area contributed by atoms with E-state index in [0.717, 1.165) is 10.7 Å². The number of benzene rings is 1. The van der Waals surface area contributed by atoms with Gasteiger partial charge >= 0.3 is 12.1 Å². The minimum Gasteiger partial charge on any atom is -0.481 e. The third kappa shape index (κ3) is 2.66. The van der Waals surface area contributed by atoms with Crippen LogP contribution in [0.25, 0.3) is 5.69 Å². The van der Waals surface area contributed by atoms with Crippen LogP contribution in [0.1, 0.15) is 16.8 Å². The van der Waals surface area contributed by atoms with E-state index in [1.807, 2.05) is 0 Å². The second-order valence-electron chi connectivity index (χ2n) is 4.25. The average Bonchev–Trinajstić information content (AvgIpc) is 2.69. The molecule has 106 valence electrons. The minimum atomic E-state index is -4.50. The lowest BCUT2D eigenvalue weighted by Gasteiger charge is -2.13. The Morgan fingerprint density at radius 1 is 1.35 bits per heavy atom. The Labute approximate surface area is 112 Å². The van der Waals surface area contributed by atoms with Crippen molar-refractivity contribution in [3.8, 4) is 5.69 Å². The van der Waals surface area contributed by atoms with Gasteiger partial charge in [-0.15, -0.1) is 0 Å². The van der Waals surface area contributed by atoms with Gasteiger partial charge in [0.1, 0.15) is 0 Å². The zero-order chi connectivity index (χ0) is 14.9. The highest BCUT2D eigenvalue weighted by molar-refractivity contribution is 5.70. The van der Waals surface area contributed by atoms with Crippen LogP contribution < -0.4 is 0 Å². The van der Waals surface area contributed by atoms with Crippen LogP contribution in [0.2, 0.25) is 0 Å². The molecule has 20 heavy (non-hydrogen) atoms. The summed E-state index contributed by atoms with van der Waals surface area (Å²) in [6.07, 6.45) is -3.50. The molecule has 0 aliphatic carbocycles. The lowest BCUT2D eigenvalue weighted by Crippen LogP contribution is -2.12. The number of rotatable bonds is 3. The number of hydrogen-bond acceptors (Lipinski definition) is 2. The molecule has 0 saturated carbocycles. The largest absolute Gasteiger partial charge is 0.481 e. The molecule has 0 radical (unpaired) electrons. The summed E-state index contributed by atoms with van der Waals surface area (Å²) in [6, 6.07) is 5.03. The van der Waals surface area contributed by atoms with E-state index in [4.69, 9.17) is 5.11 Å². The van der Waals surface area contributed by atoms with Crippen LogP contribution in [-0.2, 0) is 17.4 Å². The van der Waals surface area contributed by atoms with E-state index in [1.165, 1.54) is 24.4 Å². The molecule has 2 aromatic rings. The Morgan fingerprint density at radius 3 is 2.60 bits per heavy atom. The Kier molecular flexibility index (Phi) is 3.52. The number of nitrogens with zero attached hydrogens (tertiary/aromatic N) is 2. The number of aromatic nitrogens is 2. The Balaban J connectivity index is 2.53. The maximum atomic E-state index is 12.9. The molecule has 4 nitrogen and oxygen atoms in total. The van der Waals surface area contributed by atoms with Gasteiger partial charge in [-0.1, -0.05) is 12.1 Å². The van der Waals surface area contributed by atoms with Gasteiger partial charge in [-0.05, 0) is 19.1 Å². The molecule has 1 aromatic carbocycles. The van der Waals surface area contributed by atoms with Gasteiger partial charge in [0.15, 0.2) is 0 Å². The number of carboxylic acid groups (broad SMARTS) is 1. The smallest absolute Gasteiger partial charge is 0.418 e. The van der Waals surface area contributed by atoms with Crippen molar-refractivity contribution in [2.45, 2.75) is 19.5 Å². The number of para-hydroxylation sites is 1. The predicted molar refractivity (Wildman–Crippen MR) is 64.6 cm³/mol. The van der Waals surface area contributed by atoms with Crippen molar-refractivity contribution in [1.29, 1.82) is 0 Å². The first-order chi connectivity index (χ1) is 9.30. The van der Waals surface area contributed by atoms with Gasteiger partial charge in [-0.3, -0.25) is 4.79 Å². The van der Waals surface area contributed by atoms with Gasteiger partial charge in [0, 0.05) is 11.3 Å². The van der Waals surface area contributed by atoms with Crippen LogP contribution in [0.5, 0.6) is 0 Å². The van der Waals surface area contributed by atoms with Crippen molar-refractivity contribution < 1.29 is 23.1 Å². The molecule has 0 unspecified atom stereocenters. The van der Waals surface area contributed by atoms with E-state index in [0.29, 0.717) is 11.3 Å². The second-order valence-corrected chi connectivity index (χ2v) is 4.25. The SMILES string of the molecule is Cc1c(CC(=O)O)cnn1-c1ccccc1C(F)(F)F. The molecule has 0 spiro atoms. The summed E-state index contributed by atoms with van der Waals surface area (Å²) in [4.78, 5) is 10.7. The van der Waals surface area contributed by atoms with E-state index in [2.05, 4.69) is 5.10 Å². The number of aliphatic carboxylic acids is 1. The number of carbonyl (C=O) groups is 1. The van der Waals surface area contributed by atoms with Crippen LogP contribution in [0.4, 0.5) is 13.2 Å². The van der Waals surface area contributed by atoms with Crippen molar-refractivity contribution in [2.24, 2.45) is 0 Å². The molecule has 0 bridgehead atoms. The summed E-state index contributed by atoms with van der Waals surface area (Å²) in [5.74, 6) is -1.06. The van der Waals surface area contributed by atoms with Gasteiger partial charge in [0.05, 0.1) is 23.9 Å². The van der Waals surface area contributed by atoms with Gasteiger partial charge in [0.2, 0.25) is 0 Å². The number of carboxylic acids is 1. The summed E-state index contributed by atoms with van der Waals surface area (Å²) in [6.45, 7) is 1.54. The van der Waals surface area contributed by atoms with Crippen LogP contribution in [0.3, 0.4) is 0 Å². The predicted octanol–water partition coefficient (Wildman–Crippen LogP) is 2.83. The maximum Gasteiger partial charge on any atom is 0.418 e. The zero-order valence-electron chi connectivity index (χ0n) is 10.5. The first-order valence-corrected chi connectivity index (χ1v) is 5.72. The highest BCUT2D eigenvalue weighted by Crippen LogP contribution is 2.34. The van der Waals surface area contributed by atoms with Crippen molar-refractivity contribution in [3.05, 3.63) is 47.3 Å². The molecule has 7 heteroatoms. The van der Waals surface area contributed by atoms with Crippen LogP contribution >= 0.6 is 0 Å². The van der Waals surface area contributed by atoms with Crippen molar-refractivity contribution in [3.63, 3.8) is 0 Å². The molecule has 1 heterocycles. The molecule has 0 fully saturated rings. The highest BCUT2D eigenvalue weighted by atomic mass is 19.4. The highest BCUT2D eigenvalue weighted by Gasteiger charge is 2.34. The van der Waals surface area contributed by atoms with Crippen molar-refractivity contribution in [1.82, 2.24) is 9.78 Å². The molecule has 2 rings (SSSR count). The first-order valence-electron chi connectivity index (χ1n) is 5.72. The Morgan fingerprint density at radius 2 is 2.00 bits per heavy atom. The van der Waals surface area contributed by atoms with E-state index in [9.17, 15) is 18.0 Å². The van der Waals surface area contributed by atoms with Gasteiger partial charge in [0.25, 0.3) is 0 Å². The van der Waals surface area contributed by atoms with Crippen LogP contribution in [-0.4, -0.2) is 20.9 Å². The van der Waals surface area contributed by atoms with Crippen LogP contribution in [0, 0.1) is 6.92 Å². The molecular formula is C13H11F3N2O2. The number of halogens is 3. The second kappa shape index (κ2) is 4.99. The normalized spacial score (nSPS) is 11.6. The summed E-state index contributed by atoms with van der Waals surface area (Å²) < 4.78 is 40.0. The molecule has 0 aliphatic rings. The first kappa shape index (κ1) is 14.1. The summed E-state index contributed by atoms with van der Waals surface area (Å²) in [7, 11) is 0. The van der Waals surface area contributed by atoms with E-state index in [-0.39, 0.29) is 12.1 Å². The fraction of sp³-hybridized carbons (Fsp3) is 0.231. The number of alkyl halides is 3. The lowest BCUT2D eigenvalue weighted by atomic mass is 10.1. The Bertz CT molecular complexity index is 647. The minimum absolute atomic E-state index is 0.117. The fourth-order valence-electron chi connectivity index (χ4n) is 1.92. The lowest BCUT2D eigenvalue weighted by molar-refractivity contribution is -0.138. The molecule has 0 aliphatic heterocycles. The summed E-state index contributed by atoms with van der Waals surface area (Å²) in [5, 5.41) is 12.6. The van der Waals surface area contributed by atoms with Crippen molar-refractivity contribution >= 4 is 5.97 Å². The van der Waals surface area contributed by atoms with E-state index >= 15 is 0 Å². The Hall–Kier alpha value is -2.31. The zero-order valence-corrected chi connectivity index (χ0v) is 10.5. The molecule has 0 amide bonds. The van der Waals surface area contributed by atoms with E-state index < -0.39 is 17.7 Å². The molecule has 1 N–H and O–H groups in total. The topological polar surface area (TPSA) is 55.1 Å². The standard InChI is InChI=1S/C13H11F3N2O2/c1-8-9(6-12(19)20)7-17-18(8)11-5-3-2-4-10(11)13(14,15)16/h2-5,7H,6H2,1H3,(H,19,20). The van der Waals surface area contributed by atoms with Crippen molar-refractivity contribution in [2.75, 3.05) is 0 Å². The quantitative estimate of drug-likeness (QED) is 0.943. The monoisotopic (exact) mass is 284 g/mol. The van der Waals surface area contributed by atoms with Gasteiger partial charge < -0.3 is 5.11 Å². The van der Waals surface area contributed by atoms with Crippen LogP contribution in [0.15, 0.2) is 30.5 Å². The molecule has 0 saturated heterocycles. The fourth-order valence-corrected chi connectivity index (χ4v) is 1.92. The van der Waals surface area contributed by atoms with E-state index in [1.54, 1.807) is 6.92 Å². The molecule has 0 atom stereocenters. The van der Waals surface area contributed by atoms with Gasteiger partial charge in [-0.2, -0.15) is 18.3 Å². The number of hydrogen-bond donors (Lipinski definition) is 1. The van der Waals surface area contributed by atoms with Gasteiger partial charge in [-0.25, -0.2) is 4.68 Å². The molecule has 1 aromatic heterocycles. The summed E-state index contributed by atoms with van der Waals surface area (Å²) in [5.41, 5.74) is -0.166. The third-order valence-corrected chi connectivity index (χ3v) is 2.89. The maximum absolute atomic E-state index is 12.9. The molecular weight excluding hydrogens is 273 g/mol.